The van der Waals surface area contributed by atoms with E-state index >= 15 is 0 Å². The lowest BCUT2D eigenvalue weighted by molar-refractivity contribution is 0.583. The summed E-state index contributed by atoms with van der Waals surface area (Å²) >= 11 is 6.72. The molecule has 0 saturated carbocycles. The lowest BCUT2D eigenvalue weighted by Gasteiger charge is -2.07. The number of halogens is 1. The molecule has 1 heterocycles. The summed E-state index contributed by atoms with van der Waals surface area (Å²) in [6.07, 6.45) is 0.911. The molecule has 0 unspecified atom stereocenters. The number of hydrogen-bond donors (Lipinski definition) is 3. The van der Waals surface area contributed by atoms with Gasteiger partial charge in [0.2, 0.25) is 10.0 Å². The van der Waals surface area contributed by atoms with Crippen molar-refractivity contribution in [3.8, 4) is 0 Å². The highest BCUT2D eigenvalue weighted by Crippen LogP contribution is 2.24. The van der Waals surface area contributed by atoms with Gasteiger partial charge in [-0.1, -0.05) is 18.5 Å². The maximum atomic E-state index is 11.8. The molecule has 0 spiro atoms. The van der Waals surface area contributed by atoms with E-state index in [1.54, 1.807) is 6.07 Å². The van der Waals surface area contributed by atoms with Crippen molar-refractivity contribution in [1.29, 1.82) is 0 Å². The van der Waals surface area contributed by atoms with Gasteiger partial charge in [0.25, 0.3) is 0 Å². The van der Waals surface area contributed by atoms with Crippen molar-refractivity contribution in [3.63, 3.8) is 0 Å². The largest absolute Gasteiger partial charge is 0.370 e. The number of nitrogens with two attached hydrogens (primary N) is 1. The van der Waals surface area contributed by atoms with E-state index in [9.17, 15) is 8.42 Å². The minimum absolute atomic E-state index is 0.199. The molecule has 0 saturated heterocycles. The fraction of sp³-hybridized carbons (Fsp3) is 0.500. The number of rotatable bonds is 7. The van der Waals surface area contributed by atoms with Gasteiger partial charge in [-0.2, -0.15) is 0 Å². The lowest BCUT2D eigenvalue weighted by Crippen LogP contribution is -2.38. The molecule has 0 aliphatic heterocycles. The van der Waals surface area contributed by atoms with Crippen LogP contribution in [-0.2, 0) is 10.0 Å². The van der Waals surface area contributed by atoms with Crippen LogP contribution in [-0.4, -0.2) is 34.0 Å². The van der Waals surface area contributed by atoms with Gasteiger partial charge in [0.15, 0.2) is 5.96 Å². The van der Waals surface area contributed by atoms with Gasteiger partial charge >= 0.3 is 0 Å². The molecular weight excluding hydrogens is 308 g/mol. The number of nitrogens with zero attached hydrogens (tertiary/aromatic N) is 1. The maximum absolute atomic E-state index is 11.8. The molecule has 108 valence electrons. The molecule has 9 heteroatoms. The summed E-state index contributed by atoms with van der Waals surface area (Å²) in [5.41, 5.74) is 5.57. The van der Waals surface area contributed by atoms with Crippen molar-refractivity contribution < 1.29 is 8.42 Å². The third-order valence-electron chi connectivity index (χ3n) is 2.04. The number of aliphatic imine (C=N–C) groups is 1. The zero-order valence-electron chi connectivity index (χ0n) is 10.5. The van der Waals surface area contributed by atoms with E-state index in [-0.39, 0.29) is 10.8 Å². The number of sulfonamides is 1. The number of thiophene rings is 1. The lowest BCUT2D eigenvalue weighted by atomic mass is 10.5. The van der Waals surface area contributed by atoms with Crippen LogP contribution in [0.25, 0.3) is 0 Å². The van der Waals surface area contributed by atoms with Crippen molar-refractivity contribution in [2.75, 3.05) is 19.6 Å². The van der Waals surface area contributed by atoms with E-state index in [1.165, 1.54) is 6.07 Å². The molecule has 0 aromatic carbocycles. The Hall–Kier alpha value is -0.830. The minimum Gasteiger partial charge on any atom is -0.370 e. The molecule has 1 aromatic heterocycles. The highest BCUT2D eigenvalue weighted by atomic mass is 35.5. The maximum Gasteiger partial charge on any atom is 0.250 e. The molecule has 0 bridgehead atoms. The SMILES string of the molecule is CCCN=C(N)NCCNS(=O)(=O)c1ccc(Cl)s1. The summed E-state index contributed by atoms with van der Waals surface area (Å²) in [6.45, 7) is 3.24. The molecule has 1 aromatic rings. The molecular formula is C10H17ClN4O2S2. The molecule has 19 heavy (non-hydrogen) atoms. The van der Waals surface area contributed by atoms with E-state index in [0.717, 1.165) is 17.8 Å². The van der Waals surface area contributed by atoms with Crippen molar-refractivity contribution in [2.45, 2.75) is 17.6 Å². The Morgan fingerprint density at radius 1 is 1.47 bits per heavy atom. The predicted octanol–water partition coefficient (Wildman–Crippen LogP) is 0.994. The van der Waals surface area contributed by atoms with Crippen LogP contribution in [0.4, 0.5) is 0 Å². The number of guanidine groups is 1. The number of hydrogen-bond acceptors (Lipinski definition) is 4. The number of nitrogens with one attached hydrogen (secondary N) is 2. The van der Waals surface area contributed by atoms with Crippen LogP contribution in [0.2, 0.25) is 4.34 Å². The van der Waals surface area contributed by atoms with Gasteiger partial charge < -0.3 is 11.1 Å². The van der Waals surface area contributed by atoms with Gasteiger partial charge in [0, 0.05) is 19.6 Å². The van der Waals surface area contributed by atoms with Crippen molar-refractivity contribution in [3.05, 3.63) is 16.5 Å². The van der Waals surface area contributed by atoms with Gasteiger partial charge in [-0.05, 0) is 18.6 Å². The van der Waals surface area contributed by atoms with E-state index < -0.39 is 10.0 Å². The topological polar surface area (TPSA) is 96.6 Å². The highest BCUT2D eigenvalue weighted by Gasteiger charge is 2.15. The van der Waals surface area contributed by atoms with Crippen LogP contribution in [0.1, 0.15) is 13.3 Å². The molecule has 0 radical (unpaired) electrons. The van der Waals surface area contributed by atoms with Crippen LogP contribution in [0.15, 0.2) is 21.3 Å². The molecule has 1 rings (SSSR count). The van der Waals surface area contributed by atoms with Gasteiger partial charge in [-0.3, -0.25) is 4.99 Å². The van der Waals surface area contributed by atoms with Crippen molar-refractivity contribution >= 4 is 38.9 Å². The van der Waals surface area contributed by atoms with Crippen LogP contribution in [0, 0.1) is 0 Å². The molecule has 6 nitrogen and oxygen atoms in total. The van der Waals surface area contributed by atoms with E-state index in [1.807, 2.05) is 6.92 Å². The average molecular weight is 325 g/mol. The Morgan fingerprint density at radius 3 is 2.79 bits per heavy atom. The predicted molar refractivity (Wildman–Crippen MR) is 79.3 cm³/mol. The van der Waals surface area contributed by atoms with Gasteiger partial charge in [-0.15, -0.1) is 11.3 Å². The van der Waals surface area contributed by atoms with Crippen molar-refractivity contribution in [1.82, 2.24) is 10.0 Å². The third-order valence-corrected chi connectivity index (χ3v) is 5.23. The first-order valence-corrected chi connectivity index (χ1v) is 8.42. The van der Waals surface area contributed by atoms with Gasteiger partial charge in [0.05, 0.1) is 4.34 Å². The van der Waals surface area contributed by atoms with E-state index in [0.29, 0.717) is 23.4 Å². The van der Waals surface area contributed by atoms with E-state index in [2.05, 4.69) is 15.0 Å². The molecule has 0 aliphatic rings. The van der Waals surface area contributed by atoms with Crippen LogP contribution in [0.5, 0.6) is 0 Å². The summed E-state index contributed by atoms with van der Waals surface area (Å²) in [6, 6.07) is 3.02. The fourth-order valence-corrected chi connectivity index (χ4v) is 3.74. The molecule has 0 amide bonds. The zero-order valence-corrected chi connectivity index (χ0v) is 12.9. The second-order valence-corrected chi connectivity index (χ2v) is 7.36. The second kappa shape index (κ2) is 7.68. The van der Waals surface area contributed by atoms with Gasteiger partial charge in [-0.25, -0.2) is 13.1 Å². The Labute approximate surface area is 122 Å². The van der Waals surface area contributed by atoms with Crippen LogP contribution in [0.3, 0.4) is 0 Å². The summed E-state index contributed by atoms with van der Waals surface area (Å²) in [4.78, 5) is 4.03. The smallest absolute Gasteiger partial charge is 0.250 e. The van der Waals surface area contributed by atoms with Gasteiger partial charge in [0.1, 0.15) is 4.21 Å². The first kappa shape index (κ1) is 16.2. The first-order chi connectivity index (χ1) is 8.95. The summed E-state index contributed by atoms with van der Waals surface area (Å²) in [5, 5.41) is 2.82. The summed E-state index contributed by atoms with van der Waals surface area (Å²) in [5.74, 6) is 0.320. The molecule has 0 fully saturated rings. The Bertz CT molecular complexity index is 527. The summed E-state index contributed by atoms with van der Waals surface area (Å²) < 4.78 is 26.7. The summed E-state index contributed by atoms with van der Waals surface area (Å²) in [7, 11) is -3.49. The third kappa shape index (κ3) is 5.77. The molecule has 0 aliphatic carbocycles. The van der Waals surface area contributed by atoms with E-state index in [4.69, 9.17) is 17.3 Å². The Balaban J connectivity index is 2.37. The molecule has 4 N–H and O–H groups in total. The monoisotopic (exact) mass is 324 g/mol. The van der Waals surface area contributed by atoms with Crippen LogP contribution >= 0.6 is 22.9 Å². The minimum atomic E-state index is -3.49. The quantitative estimate of drug-likeness (QED) is 0.396. The fourth-order valence-electron chi connectivity index (χ4n) is 1.18. The van der Waals surface area contributed by atoms with Crippen LogP contribution < -0.4 is 15.8 Å². The standard InChI is InChI=1S/C10H17ClN4O2S2/c1-2-5-13-10(12)14-6-7-15-19(16,17)9-4-3-8(11)18-9/h3-4,15H,2,5-7H2,1H3,(H3,12,13,14). The zero-order chi connectivity index (χ0) is 14.3. The molecule has 0 atom stereocenters. The average Bonchev–Trinajstić information content (AvgIpc) is 2.79. The Kier molecular flexibility index (Phi) is 6.56. The Morgan fingerprint density at radius 2 is 2.21 bits per heavy atom. The van der Waals surface area contributed by atoms with Crippen molar-refractivity contribution in [2.24, 2.45) is 10.7 Å². The normalized spacial score (nSPS) is 12.6. The second-order valence-electron chi connectivity index (χ2n) is 3.65. The first-order valence-electron chi connectivity index (χ1n) is 5.74. The highest BCUT2D eigenvalue weighted by molar-refractivity contribution is 7.91.